The molecule has 0 fully saturated rings. The number of benzene rings is 1. The van der Waals surface area contributed by atoms with E-state index in [4.69, 9.17) is 22.1 Å². The predicted octanol–water partition coefficient (Wildman–Crippen LogP) is 3.86. The van der Waals surface area contributed by atoms with Gasteiger partial charge in [-0.1, -0.05) is 38.8 Å². The van der Waals surface area contributed by atoms with E-state index in [-0.39, 0.29) is 18.3 Å². The minimum absolute atomic E-state index is 0. The smallest absolute Gasteiger partial charge is 0.241 e. The van der Waals surface area contributed by atoms with Gasteiger partial charge >= 0.3 is 0 Å². The fourth-order valence-corrected chi connectivity index (χ4v) is 1.86. The Morgan fingerprint density at radius 3 is 2.62 bits per heavy atom. The van der Waals surface area contributed by atoms with Gasteiger partial charge in [0.25, 0.3) is 0 Å². The molecule has 1 unspecified atom stereocenters. The van der Waals surface area contributed by atoms with Crippen molar-refractivity contribution >= 4 is 35.6 Å². The molecular formula is C15H24Cl2N2O2. The average Bonchev–Trinajstić information content (AvgIpc) is 2.37. The average molecular weight is 335 g/mol. The molecule has 0 aliphatic heterocycles. The Hall–Kier alpha value is -0.970. The third-order valence-electron chi connectivity index (χ3n) is 2.71. The maximum atomic E-state index is 11.8. The van der Waals surface area contributed by atoms with Gasteiger partial charge in [-0.25, -0.2) is 0 Å². The van der Waals surface area contributed by atoms with Crippen LogP contribution in [0.2, 0.25) is 5.02 Å². The molecule has 0 aromatic heterocycles. The molecule has 0 saturated heterocycles. The molecule has 0 saturated carbocycles. The molecule has 1 amide bonds. The monoisotopic (exact) mass is 334 g/mol. The van der Waals surface area contributed by atoms with Crippen molar-refractivity contribution in [3.05, 3.63) is 23.2 Å². The number of nitrogens with two attached hydrogens (primary N) is 1. The second kappa shape index (κ2) is 9.87. The Morgan fingerprint density at radius 1 is 1.43 bits per heavy atom. The summed E-state index contributed by atoms with van der Waals surface area (Å²) < 4.78 is 5.57. The van der Waals surface area contributed by atoms with Gasteiger partial charge in [0.15, 0.2) is 0 Å². The largest absolute Gasteiger partial charge is 0.492 e. The van der Waals surface area contributed by atoms with E-state index in [1.807, 2.05) is 6.92 Å². The van der Waals surface area contributed by atoms with E-state index in [1.54, 1.807) is 18.2 Å². The lowest BCUT2D eigenvalue weighted by atomic mass is 10.1. The molecule has 4 nitrogen and oxygen atoms in total. The van der Waals surface area contributed by atoms with E-state index in [0.29, 0.717) is 35.4 Å². The molecule has 3 N–H and O–H groups in total. The van der Waals surface area contributed by atoms with Crippen LogP contribution in [0.1, 0.15) is 33.6 Å². The van der Waals surface area contributed by atoms with Crippen LogP contribution in [0.15, 0.2) is 18.2 Å². The lowest BCUT2D eigenvalue weighted by Crippen LogP contribution is -2.35. The van der Waals surface area contributed by atoms with Gasteiger partial charge in [-0.3, -0.25) is 4.79 Å². The summed E-state index contributed by atoms with van der Waals surface area (Å²) in [5.74, 6) is 0.854. The van der Waals surface area contributed by atoms with E-state index in [9.17, 15) is 4.79 Å². The van der Waals surface area contributed by atoms with Crippen molar-refractivity contribution in [1.82, 2.24) is 0 Å². The molecule has 0 aliphatic rings. The fraction of sp³-hybridized carbons (Fsp3) is 0.533. The number of carbonyl (C=O) groups is 1. The van der Waals surface area contributed by atoms with Gasteiger partial charge in [0.05, 0.1) is 17.7 Å². The normalized spacial score (nSPS) is 11.7. The zero-order valence-corrected chi connectivity index (χ0v) is 14.3. The summed E-state index contributed by atoms with van der Waals surface area (Å²) in [6.07, 6.45) is 1.53. The number of rotatable bonds is 7. The van der Waals surface area contributed by atoms with Crippen LogP contribution in [0.3, 0.4) is 0 Å². The quantitative estimate of drug-likeness (QED) is 0.795. The topological polar surface area (TPSA) is 64.4 Å². The van der Waals surface area contributed by atoms with E-state index in [2.05, 4.69) is 19.2 Å². The second-order valence-electron chi connectivity index (χ2n) is 5.23. The first-order valence-electron chi connectivity index (χ1n) is 6.92. The first-order valence-corrected chi connectivity index (χ1v) is 7.30. The van der Waals surface area contributed by atoms with Crippen molar-refractivity contribution in [3.63, 3.8) is 0 Å². The van der Waals surface area contributed by atoms with Crippen molar-refractivity contribution in [2.24, 2.45) is 11.7 Å². The number of ether oxygens (including phenoxy) is 1. The fourth-order valence-electron chi connectivity index (χ4n) is 1.63. The highest BCUT2D eigenvalue weighted by atomic mass is 35.5. The van der Waals surface area contributed by atoms with Gasteiger partial charge in [-0.2, -0.15) is 0 Å². The first-order chi connectivity index (χ1) is 9.43. The Bertz CT molecular complexity index is 453. The number of anilines is 1. The SMILES string of the molecule is CCCC(N)C(=O)Nc1ccc(OCC(C)C)c(Cl)c1.Cl. The molecule has 0 heterocycles. The standard InChI is InChI=1S/C15H23ClN2O2.ClH/c1-4-5-13(17)15(19)18-11-6-7-14(12(16)8-11)20-9-10(2)3;/h6-8,10,13H,4-5,9,17H2,1-3H3,(H,18,19);1H. The molecule has 1 aromatic rings. The summed E-state index contributed by atoms with van der Waals surface area (Å²) in [4.78, 5) is 11.8. The van der Waals surface area contributed by atoms with Crippen LogP contribution >= 0.6 is 24.0 Å². The molecule has 0 radical (unpaired) electrons. The van der Waals surface area contributed by atoms with Crippen LogP contribution in [0.4, 0.5) is 5.69 Å². The minimum Gasteiger partial charge on any atom is -0.492 e. The van der Waals surface area contributed by atoms with E-state index >= 15 is 0 Å². The zero-order chi connectivity index (χ0) is 15.1. The Labute approximate surface area is 137 Å². The second-order valence-corrected chi connectivity index (χ2v) is 5.64. The van der Waals surface area contributed by atoms with Crippen molar-refractivity contribution in [1.29, 1.82) is 0 Å². The summed E-state index contributed by atoms with van der Waals surface area (Å²) in [7, 11) is 0. The highest BCUT2D eigenvalue weighted by Gasteiger charge is 2.13. The number of amides is 1. The molecule has 6 heteroatoms. The number of carbonyl (C=O) groups excluding carboxylic acids is 1. The predicted molar refractivity (Wildman–Crippen MR) is 90.5 cm³/mol. The molecule has 21 heavy (non-hydrogen) atoms. The molecule has 120 valence electrons. The van der Waals surface area contributed by atoms with Crippen LogP contribution in [0.5, 0.6) is 5.75 Å². The van der Waals surface area contributed by atoms with Gasteiger partial charge in [0, 0.05) is 5.69 Å². The zero-order valence-electron chi connectivity index (χ0n) is 12.7. The molecular weight excluding hydrogens is 311 g/mol. The lowest BCUT2D eigenvalue weighted by molar-refractivity contribution is -0.117. The van der Waals surface area contributed by atoms with Crippen molar-refractivity contribution in [3.8, 4) is 5.75 Å². The Morgan fingerprint density at radius 2 is 2.10 bits per heavy atom. The summed E-state index contributed by atoms with van der Waals surface area (Å²) in [5.41, 5.74) is 6.38. The molecule has 0 aliphatic carbocycles. The van der Waals surface area contributed by atoms with Crippen molar-refractivity contribution in [2.45, 2.75) is 39.7 Å². The highest BCUT2D eigenvalue weighted by molar-refractivity contribution is 6.32. The van der Waals surface area contributed by atoms with Crippen LogP contribution in [-0.4, -0.2) is 18.6 Å². The van der Waals surface area contributed by atoms with Crippen LogP contribution in [0, 0.1) is 5.92 Å². The first kappa shape index (κ1) is 20.0. The number of hydrogen-bond donors (Lipinski definition) is 2. The third-order valence-corrected chi connectivity index (χ3v) is 3.00. The lowest BCUT2D eigenvalue weighted by Gasteiger charge is -2.13. The van der Waals surface area contributed by atoms with Gasteiger partial charge in [-0.15, -0.1) is 12.4 Å². The summed E-state index contributed by atoms with van der Waals surface area (Å²) in [6, 6.07) is 4.70. The van der Waals surface area contributed by atoms with Gasteiger partial charge < -0.3 is 15.8 Å². The van der Waals surface area contributed by atoms with Crippen LogP contribution in [-0.2, 0) is 4.79 Å². The van der Waals surface area contributed by atoms with Crippen LogP contribution in [0.25, 0.3) is 0 Å². The molecule has 0 spiro atoms. The minimum atomic E-state index is -0.490. The van der Waals surface area contributed by atoms with Crippen LogP contribution < -0.4 is 15.8 Å². The van der Waals surface area contributed by atoms with Crippen molar-refractivity contribution < 1.29 is 9.53 Å². The molecule has 0 bridgehead atoms. The van der Waals surface area contributed by atoms with E-state index < -0.39 is 6.04 Å². The molecule has 1 rings (SSSR count). The third kappa shape index (κ3) is 7.02. The summed E-state index contributed by atoms with van der Waals surface area (Å²) >= 11 is 6.13. The van der Waals surface area contributed by atoms with E-state index in [1.165, 1.54) is 0 Å². The van der Waals surface area contributed by atoms with E-state index in [0.717, 1.165) is 6.42 Å². The Kier molecular flexibility index (Phi) is 9.42. The maximum Gasteiger partial charge on any atom is 0.241 e. The summed E-state index contributed by atoms with van der Waals surface area (Å²) in [5, 5.41) is 3.23. The maximum absolute atomic E-state index is 11.8. The molecule has 1 aromatic carbocycles. The Balaban J connectivity index is 0.00000400. The number of hydrogen-bond acceptors (Lipinski definition) is 3. The number of halogens is 2. The van der Waals surface area contributed by atoms with Gasteiger partial charge in [-0.05, 0) is 30.5 Å². The number of nitrogens with one attached hydrogen (secondary N) is 1. The highest BCUT2D eigenvalue weighted by Crippen LogP contribution is 2.28. The summed E-state index contributed by atoms with van der Waals surface area (Å²) in [6.45, 7) is 6.73. The van der Waals surface area contributed by atoms with Gasteiger partial charge in [0.2, 0.25) is 5.91 Å². The molecule has 1 atom stereocenters. The van der Waals surface area contributed by atoms with Crippen molar-refractivity contribution in [2.75, 3.05) is 11.9 Å². The van der Waals surface area contributed by atoms with Gasteiger partial charge in [0.1, 0.15) is 5.75 Å².